The second-order valence-electron chi connectivity index (χ2n) is 4.11. The topological polar surface area (TPSA) is 18.5 Å². The van der Waals surface area contributed by atoms with Gasteiger partial charge in [0, 0.05) is 12.8 Å². The van der Waals surface area contributed by atoms with Gasteiger partial charge in [-0.1, -0.05) is 0 Å². The number of piperidine rings is 1. The summed E-state index contributed by atoms with van der Waals surface area (Å²) in [5.74, 6) is 0. The van der Waals surface area contributed by atoms with Crippen molar-refractivity contribution in [3.8, 4) is 12.2 Å². The number of hydrogen-bond donors (Lipinski definition) is 0. The molecule has 0 amide bonds. The Morgan fingerprint density at radius 1 is 1.15 bits per heavy atom. The van der Waals surface area contributed by atoms with Crippen LogP contribution < -0.4 is 0 Å². The van der Waals surface area contributed by atoms with Crippen LogP contribution in [0.2, 0.25) is 0 Å². The van der Waals surface area contributed by atoms with E-state index in [1.54, 1.807) is 0 Å². The molecule has 3 nitrogen and oxygen atoms in total. The van der Waals surface area contributed by atoms with Crippen molar-refractivity contribution >= 4 is 0 Å². The molecular formula is C10H18NO2+. The van der Waals surface area contributed by atoms with Gasteiger partial charge in [-0.15, -0.1) is 0 Å². The zero-order valence-electron chi connectivity index (χ0n) is 8.67. The largest absolute Gasteiger partial charge is 0.448 e. The molecule has 0 bridgehead atoms. The van der Waals surface area contributed by atoms with Gasteiger partial charge in [-0.2, -0.15) is 0 Å². The van der Waals surface area contributed by atoms with Crippen LogP contribution in [0.1, 0.15) is 12.8 Å². The van der Waals surface area contributed by atoms with Crippen LogP contribution in [0, 0.1) is 12.2 Å². The van der Waals surface area contributed by atoms with Gasteiger partial charge in [0.05, 0.1) is 34.3 Å². The molecule has 0 aromatic heterocycles. The van der Waals surface area contributed by atoms with E-state index in [0.717, 1.165) is 17.3 Å². The molecule has 0 N–H and O–H groups in total. The summed E-state index contributed by atoms with van der Waals surface area (Å²) in [7, 11) is 6.03. The molecule has 1 fully saturated rings. The zero-order chi connectivity index (χ0) is 9.73. The molecule has 0 unspecified atom stereocenters. The molecule has 3 heteroatoms. The van der Waals surface area contributed by atoms with Crippen molar-refractivity contribution in [3.05, 3.63) is 0 Å². The van der Waals surface area contributed by atoms with Crippen LogP contribution >= 0.6 is 0 Å². The molecular weight excluding hydrogens is 166 g/mol. The fourth-order valence-electron chi connectivity index (χ4n) is 1.51. The molecule has 0 aromatic carbocycles. The first-order valence-corrected chi connectivity index (χ1v) is 4.65. The number of hydrogen-bond acceptors (Lipinski definition) is 2. The summed E-state index contributed by atoms with van der Waals surface area (Å²) in [6.07, 6.45) is 7.47. The number of nitrogens with zero attached hydrogens (tertiary/aromatic N) is 1. The fraction of sp³-hybridized carbons (Fsp3) is 0.800. The predicted molar refractivity (Wildman–Crippen MR) is 50.7 cm³/mol. The highest BCUT2D eigenvalue weighted by atomic mass is 16.5. The molecule has 1 heterocycles. The lowest BCUT2D eigenvalue weighted by atomic mass is 10.1. The van der Waals surface area contributed by atoms with Crippen LogP contribution in [0.4, 0.5) is 0 Å². The average Bonchev–Trinajstić information content (AvgIpc) is 2.08. The van der Waals surface area contributed by atoms with Crippen LogP contribution in [-0.2, 0) is 9.47 Å². The minimum atomic E-state index is 0.300. The first kappa shape index (κ1) is 10.2. The average molecular weight is 184 g/mol. The van der Waals surface area contributed by atoms with Gasteiger partial charge in [0.15, 0.2) is 12.2 Å². The molecule has 0 atom stereocenters. The van der Waals surface area contributed by atoms with Crippen molar-refractivity contribution in [1.82, 2.24) is 0 Å². The van der Waals surface area contributed by atoms with Gasteiger partial charge in [0.2, 0.25) is 0 Å². The molecule has 1 saturated heterocycles. The summed E-state index contributed by atoms with van der Waals surface area (Å²) in [4.78, 5) is 0. The summed E-state index contributed by atoms with van der Waals surface area (Å²) in [5.41, 5.74) is 0. The molecule has 74 valence electrons. The van der Waals surface area contributed by atoms with Gasteiger partial charge < -0.3 is 14.0 Å². The first-order chi connectivity index (χ1) is 6.14. The van der Waals surface area contributed by atoms with Gasteiger partial charge in [-0.3, -0.25) is 0 Å². The smallest absolute Gasteiger partial charge is 0.155 e. The van der Waals surface area contributed by atoms with Crippen LogP contribution in [-0.4, -0.2) is 44.9 Å². The molecule has 0 saturated carbocycles. The van der Waals surface area contributed by atoms with Crippen molar-refractivity contribution in [2.75, 3.05) is 34.3 Å². The maximum atomic E-state index is 5.32. The summed E-state index contributed by atoms with van der Waals surface area (Å²) < 4.78 is 11.0. The predicted octanol–water partition coefficient (Wildman–Crippen LogP) is 0.807. The molecule has 0 aliphatic carbocycles. The minimum Gasteiger partial charge on any atom is -0.448 e. The van der Waals surface area contributed by atoms with Crippen molar-refractivity contribution in [2.24, 2.45) is 0 Å². The molecule has 1 aliphatic rings. The Kier molecular flexibility index (Phi) is 3.44. The summed E-state index contributed by atoms with van der Waals surface area (Å²) in [5, 5.41) is 0. The number of quaternary nitrogens is 1. The monoisotopic (exact) mass is 184 g/mol. The Hall–Kier alpha value is -0.880. The third-order valence-electron chi connectivity index (χ3n) is 2.48. The van der Waals surface area contributed by atoms with E-state index in [9.17, 15) is 0 Å². The number of likely N-dealkylation sites (tertiary alicyclic amines) is 1. The SMILES string of the molecule is COC#COC1CC[N+](C)(C)CC1. The molecule has 0 aromatic rings. The van der Waals surface area contributed by atoms with Crippen molar-refractivity contribution in [3.63, 3.8) is 0 Å². The highest BCUT2D eigenvalue weighted by Crippen LogP contribution is 2.16. The second kappa shape index (κ2) is 4.38. The Balaban J connectivity index is 2.25. The molecule has 0 spiro atoms. The normalized spacial score (nSPS) is 21.5. The summed E-state index contributed by atoms with van der Waals surface area (Å²) >= 11 is 0. The van der Waals surface area contributed by atoms with Crippen LogP contribution in [0.5, 0.6) is 0 Å². The summed E-state index contributed by atoms with van der Waals surface area (Å²) in [6.45, 7) is 2.33. The Bertz CT molecular complexity index is 205. The van der Waals surface area contributed by atoms with Gasteiger partial charge in [-0.05, 0) is 0 Å². The fourth-order valence-corrected chi connectivity index (χ4v) is 1.51. The highest BCUT2D eigenvalue weighted by Gasteiger charge is 2.26. The van der Waals surface area contributed by atoms with Gasteiger partial charge >= 0.3 is 0 Å². The van der Waals surface area contributed by atoms with Crippen molar-refractivity contribution in [1.29, 1.82) is 0 Å². The standard InChI is InChI=1S/C10H18NO2/c1-11(2)6-4-10(5-7-11)13-9-8-12-3/h10H,4-7H2,1-3H3/q+1. The zero-order valence-corrected chi connectivity index (χ0v) is 8.67. The maximum Gasteiger partial charge on any atom is 0.155 e. The Labute approximate surface area is 80.2 Å². The van der Waals surface area contributed by atoms with Gasteiger partial charge in [-0.25, -0.2) is 0 Å². The third kappa shape index (κ3) is 3.56. The van der Waals surface area contributed by atoms with Crippen LogP contribution in [0.25, 0.3) is 0 Å². The number of rotatable bonds is 1. The van der Waals surface area contributed by atoms with E-state index in [1.807, 2.05) is 0 Å². The van der Waals surface area contributed by atoms with E-state index in [-0.39, 0.29) is 0 Å². The Morgan fingerprint density at radius 3 is 2.31 bits per heavy atom. The lowest BCUT2D eigenvalue weighted by Crippen LogP contribution is -2.47. The second-order valence-corrected chi connectivity index (χ2v) is 4.11. The van der Waals surface area contributed by atoms with Crippen LogP contribution in [0.3, 0.4) is 0 Å². The number of methoxy groups -OCH3 is 1. The first-order valence-electron chi connectivity index (χ1n) is 4.65. The lowest BCUT2D eigenvalue weighted by Gasteiger charge is -2.36. The van der Waals surface area contributed by atoms with E-state index in [1.165, 1.54) is 20.2 Å². The highest BCUT2D eigenvalue weighted by molar-refractivity contribution is 4.82. The molecule has 13 heavy (non-hydrogen) atoms. The molecule has 1 aliphatic heterocycles. The maximum absolute atomic E-state index is 5.32. The van der Waals surface area contributed by atoms with Crippen molar-refractivity contribution in [2.45, 2.75) is 18.9 Å². The van der Waals surface area contributed by atoms with Crippen LogP contribution in [0.15, 0.2) is 0 Å². The Morgan fingerprint density at radius 2 is 1.77 bits per heavy atom. The minimum absolute atomic E-state index is 0.300. The van der Waals surface area contributed by atoms with Gasteiger partial charge in [0.25, 0.3) is 0 Å². The quantitative estimate of drug-likeness (QED) is 0.443. The van der Waals surface area contributed by atoms with E-state index in [0.29, 0.717) is 6.10 Å². The third-order valence-corrected chi connectivity index (χ3v) is 2.48. The number of ether oxygens (including phenoxy) is 2. The molecule has 0 radical (unpaired) electrons. The van der Waals surface area contributed by atoms with E-state index in [4.69, 9.17) is 4.74 Å². The molecule has 1 rings (SSSR count). The van der Waals surface area contributed by atoms with E-state index >= 15 is 0 Å². The lowest BCUT2D eigenvalue weighted by molar-refractivity contribution is -0.896. The van der Waals surface area contributed by atoms with E-state index < -0.39 is 0 Å². The van der Waals surface area contributed by atoms with Gasteiger partial charge in [0.1, 0.15) is 6.10 Å². The van der Waals surface area contributed by atoms with E-state index in [2.05, 4.69) is 31.0 Å². The summed E-state index contributed by atoms with van der Waals surface area (Å²) in [6, 6.07) is 0. The van der Waals surface area contributed by atoms with Crippen molar-refractivity contribution < 1.29 is 14.0 Å².